The Morgan fingerprint density at radius 1 is 0.529 bits per heavy atom. The van der Waals surface area contributed by atoms with E-state index in [1.807, 2.05) is 11.3 Å². The molecule has 1 spiro atoms. The predicted molar refractivity (Wildman–Crippen MR) is 214 cm³/mol. The number of benzene rings is 7. The van der Waals surface area contributed by atoms with Crippen molar-refractivity contribution in [3.05, 3.63) is 195 Å². The number of hydrogen-bond acceptors (Lipinski definition) is 1. The molecule has 0 bridgehead atoms. The Bertz CT molecular complexity index is 2980. The third-order valence-electron chi connectivity index (χ3n) is 12.0. The van der Waals surface area contributed by atoms with E-state index in [2.05, 4.69) is 174 Å². The lowest BCUT2D eigenvalue weighted by Crippen LogP contribution is -2.26. The molecule has 2 aromatic heterocycles. The van der Waals surface area contributed by atoms with Crippen molar-refractivity contribution in [3.8, 4) is 27.9 Å². The summed E-state index contributed by atoms with van der Waals surface area (Å²) in [6.45, 7) is 0. The quantitative estimate of drug-likeness (QED) is 0.173. The maximum atomic E-state index is 2.57. The Labute approximate surface area is 299 Å². The monoisotopic (exact) mass is 665 g/mol. The zero-order valence-corrected chi connectivity index (χ0v) is 28.6. The van der Waals surface area contributed by atoms with Crippen LogP contribution in [0.1, 0.15) is 40.2 Å². The van der Waals surface area contributed by atoms with Crippen LogP contribution in [-0.2, 0) is 5.41 Å². The van der Waals surface area contributed by atoms with E-state index >= 15 is 0 Å². The van der Waals surface area contributed by atoms with Gasteiger partial charge in [0.25, 0.3) is 0 Å². The first-order chi connectivity index (χ1) is 25.3. The van der Waals surface area contributed by atoms with Gasteiger partial charge in [0, 0.05) is 37.0 Å². The van der Waals surface area contributed by atoms with Gasteiger partial charge >= 0.3 is 0 Å². The molecule has 238 valence electrons. The highest BCUT2D eigenvalue weighted by Gasteiger charge is 2.52. The molecule has 0 saturated carbocycles. The van der Waals surface area contributed by atoms with Crippen LogP contribution in [0.25, 0.3) is 72.0 Å². The minimum Gasteiger partial charge on any atom is -0.309 e. The second kappa shape index (κ2) is 10.1. The third-order valence-corrected chi connectivity index (χ3v) is 13.1. The van der Waals surface area contributed by atoms with Crippen molar-refractivity contribution in [2.24, 2.45) is 0 Å². The van der Waals surface area contributed by atoms with Crippen molar-refractivity contribution in [2.45, 2.75) is 17.8 Å². The largest absolute Gasteiger partial charge is 0.309 e. The molecule has 0 fully saturated rings. The molecule has 0 amide bonds. The zero-order chi connectivity index (χ0) is 33.3. The van der Waals surface area contributed by atoms with Crippen molar-refractivity contribution in [2.75, 3.05) is 0 Å². The molecule has 0 N–H and O–H groups in total. The van der Waals surface area contributed by atoms with Gasteiger partial charge in [-0.3, -0.25) is 0 Å². The van der Waals surface area contributed by atoms with Gasteiger partial charge in [-0.2, -0.15) is 0 Å². The lowest BCUT2D eigenvalue weighted by Gasteiger charge is -2.30. The highest BCUT2D eigenvalue weighted by atomic mass is 32.1. The molecule has 3 aliphatic carbocycles. The van der Waals surface area contributed by atoms with Crippen molar-refractivity contribution in [1.82, 2.24) is 4.57 Å². The summed E-state index contributed by atoms with van der Waals surface area (Å²) < 4.78 is 5.17. The van der Waals surface area contributed by atoms with Crippen LogP contribution in [0, 0.1) is 0 Å². The Kier molecular flexibility index (Phi) is 5.49. The van der Waals surface area contributed by atoms with E-state index in [1.165, 1.54) is 97.4 Å². The zero-order valence-electron chi connectivity index (χ0n) is 27.8. The number of hydrogen-bond donors (Lipinski definition) is 0. The van der Waals surface area contributed by atoms with E-state index in [4.69, 9.17) is 0 Å². The van der Waals surface area contributed by atoms with E-state index in [0.717, 1.165) is 6.42 Å². The molecule has 51 heavy (non-hydrogen) atoms. The van der Waals surface area contributed by atoms with Gasteiger partial charge in [-0.15, -0.1) is 11.3 Å². The Morgan fingerprint density at radius 3 is 1.82 bits per heavy atom. The van der Waals surface area contributed by atoms with E-state index in [1.54, 1.807) is 0 Å². The Balaban J connectivity index is 1.04. The molecule has 0 aliphatic heterocycles. The molecule has 9 aromatic rings. The highest BCUT2D eigenvalue weighted by Crippen LogP contribution is 2.63. The minimum absolute atomic E-state index is 0.299. The second-order valence-electron chi connectivity index (χ2n) is 14.3. The van der Waals surface area contributed by atoms with Crippen LogP contribution in [0.4, 0.5) is 0 Å². The minimum atomic E-state index is -0.306. The Hall–Kier alpha value is -5.96. The average molecular weight is 666 g/mol. The second-order valence-corrected chi connectivity index (χ2v) is 15.4. The van der Waals surface area contributed by atoms with Gasteiger partial charge in [0.2, 0.25) is 0 Å². The fourth-order valence-electron chi connectivity index (χ4n) is 9.99. The SMILES string of the molecule is C1=c2sc3ccc(-n4c5ccccc5c5ccccc54)cc3c2=CCC1c1cccc2c1-c1ccccc1C21c2ccccc2-c2ccccc21. The van der Waals surface area contributed by atoms with Crippen molar-refractivity contribution in [1.29, 1.82) is 0 Å². The van der Waals surface area contributed by atoms with Crippen LogP contribution in [0.5, 0.6) is 0 Å². The molecule has 2 heteroatoms. The van der Waals surface area contributed by atoms with Crippen LogP contribution in [0.2, 0.25) is 0 Å². The highest BCUT2D eigenvalue weighted by molar-refractivity contribution is 7.17. The maximum Gasteiger partial charge on any atom is 0.0725 e. The fraction of sp³-hybridized carbons (Fsp3) is 0.0612. The number of fused-ring (bicyclic) bond motifs is 16. The molecule has 2 heterocycles. The maximum absolute atomic E-state index is 2.57. The lowest BCUT2D eigenvalue weighted by molar-refractivity contribution is 0.791. The summed E-state index contributed by atoms with van der Waals surface area (Å²) in [5.41, 5.74) is 16.0. The molecule has 7 aromatic carbocycles. The van der Waals surface area contributed by atoms with Crippen LogP contribution in [-0.4, -0.2) is 4.57 Å². The predicted octanol–water partition coefficient (Wildman–Crippen LogP) is 11.1. The smallest absolute Gasteiger partial charge is 0.0725 e. The van der Waals surface area contributed by atoms with E-state index in [9.17, 15) is 0 Å². The topological polar surface area (TPSA) is 4.93 Å². The van der Waals surface area contributed by atoms with Crippen LogP contribution >= 0.6 is 11.3 Å². The first-order valence-corrected chi connectivity index (χ1v) is 18.8. The lowest BCUT2D eigenvalue weighted by atomic mass is 9.70. The number of thiophene rings is 1. The summed E-state index contributed by atoms with van der Waals surface area (Å²) in [5.74, 6) is 0.299. The molecule has 1 nitrogen and oxygen atoms in total. The molecule has 1 atom stereocenters. The number of rotatable bonds is 2. The first-order valence-electron chi connectivity index (χ1n) is 18.0. The molecule has 0 radical (unpaired) electrons. The van der Waals surface area contributed by atoms with Gasteiger partial charge in [0.15, 0.2) is 0 Å². The molecule has 1 unspecified atom stereocenters. The van der Waals surface area contributed by atoms with Crippen LogP contribution in [0.15, 0.2) is 158 Å². The fourth-order valence-corrected chi connectivity index (χ4v) is 11.2. The van der Waals surface area contributed by atoms with Crippen LogP contribution in [0.3, 0.4) is 0 Å². The standard InChI is InChI=1S/C49H31NS/c1-6-18-40-33(12-1)34-13-2-7-19-41(34)49(40)42-20-8-3-16-38(42)48-32(17-11-21-43(48)49)30-24-26-37-39-29-31(25-27-46(39)51-47(37)28-30)50-44-22-9-4-14-35(44)36-15-5-10-23-45(36)50/h1-23,25-30H,24H2. The summed E-state index contributed by atoms with van der Waals surface area (Å²) in [7, 11) is 0. The normalized spacial score (nSPS) is 16.0. The number of aromatic nitrogens is 1. The molecule has 12 rings (SSSR count). The molecule has 3 aliphatic rings. The Morgan fingerprint density at radius 2 is 1.12 bits per heavy atom. The molecular weight excluding hydrogens is 635 g/mol. The van der Waals surface area contributed by atoms with Gasteiger partial charge < -0.3 is 4.57 Å². The van der Waals surface area contributed by atoms with Crippen molar-refractivity contribution in [3.63, 3.8) is 0 Å². The van der Waals surface area contributed by atoms with Crippen molar-refractivity contribution >= 4 is 55.4 Å². The van der Waals surface area contributed by atoms with Gasteiger partial charge in [-0.25, -0.2) is 0 Å². The molecule has 0 saturated heterocycles. The summed E-state index contributed by atoms with van der Waals surface area (Å²) in [4.78, 5) is 0. The van der Waals surface area contributed by atoms with Gasteiger partial charge in [0.05, 0.1) is 16.4 Å². The van der Waals surface area contributed by atoms with E-state index in [0.29, 0.717) is 5.92 Å². The summed E-state index contributed by atoms with van der Waals surface area (Å²) in [6.07, 6.45) is 6.07. The van der Waals surface area contributed by atoms with Gasteiger partial charge in [-0.05, 0) is 92.0 Å². The number of para-hydroxylation sites is 2. The average Bonchev–Trinajstić information content (AvgIpc) is 3.91. The third kappa shape index (κ3) is 3.50. The van der Waals surface area contributed by atoms with Crippen molar-refractivity contribution < 1.29 is 0 Å². The summed E-state index contributed by atoms with van der Waals surface area (Å²) in [5, 5.41) is 5.33. The van der Waals surface area contributed by atoms with Gasteiger partial charge in [-0.1, -0.05) is 140 Å². The molecular formula is C49H31NS. The van der Waals surface area contributed by atoms with Crippen LogP contribution < -0.4 is 9.75 Å². The van der Waals surface area contributed by atoms with Gasteiger partial charge in [0.1, 0.15) is 0 Å². The van der Waals surface area contributed by atoms with E-state index in [-0.39, 0.29) is 5.41 Å². The summed E-state index contributed by atoms with van der Waals surface area (Å²) >= 11 is 1.93. The first kappa shape index (κ1) is 27.8. The summed E-state index contributed by atoms with van der Waals surface area (Å²) in [6, 6.07) is 59.1. The number of nitrogens with zero attached hydrogens (tertiary/aromatic N) is 1. The van der Waals surface area contributed by atoms with E-state index < -0.39 is 0 Å².